The SMILES string of the molecule is CC(C)C(N)C(=O)NC(C(=O)O)c1cccs1. The minimum absolute atomic E-state index is 0.0345. The van der Waals surface area contributed by atoms with E-state index in [0.29, 0.717) is 4.88 Å². The molecule has 1 amide bonds. The lowest BCUT2D eigenvalue weighted by atomic mass is 10.0. The first kappa shape index (κ1) is 13.7. The Hall–Kier alpha value is -1.40. The number of carbonyl (C=O) groups excluding carboxylic acids is 1. The van der Waals surface area contributed by atoms with Gasteiger partial charge in [-0.25, -0.2) is 4.79 Å². The highest BCUT2D eigenvalue weighted by atomic mass is 32.1. The van der Waals surface area contributed by atoms with E-state index < -0.39 is 24.0 Å². The summed E-state index contributed by atoms with van der Waals surface area (Å²) in [5.41, 5.74) is 5.66. The first-order valence-electron chi connectivity index (χ1n) is 5.25. The van der Waals surface area contributed by atoms with Gasteiger partial charge in [0.25, 0.3) is 0 Å². The maximum absolute atomic E-state index is 11.7. The molecule has 94 valence electrons. The van der Waals surface area contributed by atoms with Gasteiger partial charge in [0.15, 0.2) is 6.04 Å². The van der Waals surface area contributed by atoms with Crippen LogP contribution in [0.1, 0.15) is 24.8 Å². The number of carboxylic acids is 1. The van der Waals surface area contributed by atoms with Crippen molar-refractivity contribution in [2.75, 3.05) is 0 Å². The minimum Gasteiger partial charge on any atom is -0.479 e. The number of hydrogen-bond acceptors (Lipinski definition) is 4. The molecule has 5 nitrogen and oxygen atoms in total. The monoisotopic (exact) mass is 256 g/mol. The number of rotatable bonds is 5. The van der Waals surface area contributed by atoms with Crippen LogP contribution in [0, 0.1) is 5.92 Å². The third-order valence-corrected chi connectivity index (χ3v) is 3.32. The van der Waals surface area contributed by atoms with Crippen LogP contribution in [0.3, 0.4) is 0 Å². The van der Waals surface area contributed by atoms with Crippen LogP contribution in [-0.4, -0.2) is 23.0 Å². The van der Waals surface area contributed by atoms with Crippen LogP contribution in [0.4, 0.5) is 0 Å². The Morgan fingerprint density at radius 1 is 1.47 bits per heavy atom. The van der Waals surface area contributed by atoms with E-state index in [1.165, 1.54) is 11.3 Å². The van der Waals surface area contributed by atoms with Crippen LogP contribution in [0.15, 0.2) is 17.5 Å². The summed E-state index contributed by atoms with van der Waals surface area (Å²) in [6.07, 6.45) is 0. The molecule has 6 heteroatoms. The standard InChI is InChI=1S/C11H16N2O3S/c1-6(2)8(12)10(14)13-9(11(15)16)7-4-3-5-17-7/h3-6,8-9H,12H2,1-2H3,(H,13,14)(H,15,16). The first-order chi connectivity index (χ1) is 7.93. The predicted octanol–water partition coefficient (Wildman–Crippen LogP) is 0.973. The smallest absolute Gasteiger partial charge is 0.331 e. The fourth-order valence-electron chi connectivity index (χ4n) is 1.25. The van der Waals surface area contributed by atoms with Crippen molar-refractivity contribution >= 4 is 23.2 Å². The lowest BCUT2D eigenvalue weighted by Crippen LogP contribution is -2.46. The molecule has 0 radical (unpaired) electrons. The zero-order valence-electron chi connectivity index (χ0n) is 9.71. The summed E-state index contributed by atoms with van der Waals surface area (Å²) in [4.78, 5) is 23.4. The normalized spacial score (nSPS) is 14.4. The number of carbonyl (C=O) groups is 2. The molecule has 0 aromatic carbocycles. The highest BCUT2D eigenvalue weighted by molar-refractivity contribution is 7.10. The minimum atomic E-state index is -1.09. The second kappa shape index (κ2) is 5.79. The third-order valence-electron chi connectivity index (χ3n) is 2.38. The maximum atomic E-state index is 11.7. The second-order valence-corrected chi connectivity index (χ2v) is 5.04. The number of amides is 1. The number of nitrogens with one attached hydrogen (secondary N) is 1. The molecule has 1 rings (SSSR count). The molecule has 0 aliphatic carbocycles. The van der Waals surface area contributed by atoms with Gasteiger partial charge in [-0.1, -0.05) is 19.9 Å². The van der Waals surface area contributed by atoms with Gasteiger partial charge in [0.2, 0.25) is 5.91 Å². The fraction of sp³-hybridized carbons (Fsp3) is 0.455. The molecule has 0 saturated carbocycles. The van der Waals surface area contributed by atoms with Crippen LogP contribution in [-0.2, 0) is 9.59 Å². The zero-order chi connectivity index (χ0) is 13.0. The average molecular weight is 256 g/mol. The highest BCUT2D eigenvalue weighted by Crippen LogP contribution is 2.19. The molecule has 17 heavy (non-hydrogen) atoms. The van der Waals surface area contributed by atoms with E-state index in [2.05, 4.69) is 5.32 Å². The van der Waals surface area contributed by atoms with Crippen molar-refractivity contribution in [2.45, 2.75) is 25.9 Å². The van der Waals surface area contributed by atoms with Crippen LogP contribution < -0.4 is 11.1 Å². The molecule has 0 aliphatic heterocycles. The molecule has 1 aromatic heterocycles. The Morgan fingerprint density at radius 3 is 2.53 bits per heavy atom. The van der Waals surface area contributed by atoms with E-state index in [1.807, 2.05) is 13.8 Å². The van der Waals surface area contributed by atoms with Crippen molar-refractivity contribution in [2.24, 2.45) is 11.7 Å². The lowest BCUT2D eigenvalue weighted by molar-refractivity contribution is -0.142. The van der Waals surface area contributed by atoms with Gasteiger partial charge in [0.1, 0.15) is 0 Å². The molecule has 1 heterocycles. The average Bonchev–Trinajstić information content (AvgIpc) is 2.76. The Morgan fingerprint density at radius 2 is 2.12 bits per heavy atom. The number of nitrogens with two attached hydrogens (primary N) is 1. The molecule has 0 saturated heterocycles. The Kier molecular flexibility index (Phi) is 4.65. The van der Waals surface area contributed by atoms with E-state index in [9.17, 15) is 9.59 Å². The van der Waals surface area contributed by atoms with Crippen molar-refractivity contribution < 1.29 is 14.7 Å². The summed E-state index contributed by atoms with van der Waals surface area (Å²) in [5, 5.41) is 13.3. The summed E-state index contributed by atoms with van der Waals surface area (Å²) in [5.74, 6) is -1.56. The van der Waals surface area contributed by atoms with E-state index >= 15 is 0 Å². The molecule has 2 atom stereocenters. The Balaban J connectivity index is 2.76. The molecular formula is C11H16N2O3S. The summed E-state index contributed by atoms with van der Waals surface area (Å²) >= 11 is 1.29. The fourth-order valence-corrected chi connectivity index (χ4v) is 2.02. The molecule has 0 aliphatic rings. The summed E-state index contributed by atoms with van der Waals surface area (Å²) in [6, 6.07) is 1.69. The van der Waals surface area contributed by atoms with Gasteiger partial charge in [-0.2, -0.15) is 0 Å². The number of thiophene rings is 1. The topological polar surface area (TPSA) is 92.4 Å². The van der Waals surface area contributed by atoms with Crippen molar-refractivity contribution in [3.05, 3.63) is 22.4 Å². The first-order valence-corrected chi connectivity index (χ1v) is 6.13. The van der Waals surface area contributed by atoms with Crippen LogP contribution >= 0.6 is 11.3 Å². The molecule has 0 fully saturated rings. The zero-order valence-corrected chi connectivity index (χ0v) is 10.5. The molecule has 2 unspecified atom stereocenters. The highest BCUT2D eigenvalue weighted by Gasteiger charge is 2.26. The quantitative estimate of drug-likeness (QED) is 0.732. The van der Waals surface area contributed by atoms with Gasteiger partial charge in [0.05, 0.1) is 6.04 Å². The Bertz CT molecular complexity index is 389. The number of hydrogen-bond donors (Lipinski definition) is 3. The van der Waals surface area contributed by atoms with Crippen LogP contribution in [0.5, 0.6) is 0 Å². The molecule has 0 spiro atoms. The summed E-state index contributed by atoms with van der Waals surface area (Å²) in [7, 11) is 0. The van der Waals surface area contributed by atoms with Gasteiger partial charge in [-0.15, -0.1) is 11.3 Å². The van der Waals surface area contributed by atoms with E-state index in [-0.39, 0.29) is 5.92 Å². The van der Waals surface area contributed by atoms with Gasteiger partial charge < -0.3 is 16.2 Å². The van der Waals surface area contributed by atoms with Gasteiger partial charge in [0, 0.05) is 4.88 Å². The van der Waals surface area contributed by atoms with E-state index in [4.69, 9.17) is 10.8 Å². The molecular weight excluding hydrogens is 240 g/mol. The van der Waals surface area contributed by atoms with Gasteiger partial charge >= 0.3 is 5.97 Å². The number of carboxylic acid groups (broad SMARTS) is 1. The third kappa shape index (κ3) is 3.54. The molecule has 1 aromatic rings. The second-order valence-electron chi connectivity index (χ2n) is 4.07. The van der Waals surface area contributed by atoms with Gasteiger partial charge in [-0.05, 0) is 17.4 Å². The lowest BCUT2D eigenvalue weighted by Gasteiger charge is -2.19. The summed E-state index contributed by atoms with van der Waals surface area (Å²) < 4.78 is 0. The van der Waals surface area contributed by atoms with Crippen LogP contribution in [0.25, 0.3) is 0 Å². The maximum Gasteiger partial charge on any atom is 0.331 e. The van der Waals surface area contributed by atoms with E-state index in [1.54, 1.807) is 17.5 Å². The summed E-state index contributed by atoms with van der Waals surface area (Å²) in [6.45, 7) is 3.62. The van der Waals surface area contributed by atoms with Crippen LogP contribution in [0.2, 0.25) is 0 Å². The van der Waals surface area contributed by atoms with Crippen molar-refractivity contribution in [1.29, 1.82) is 0 Å². The molecule has 0 bridgehead atoms. The Labute approximate surface area is 104 Å². The van der Waals surface area contributed by atoms with Crippen molar-refractivity contribution in [1.82, 2.24) is 5.32 Å². The molecule has 4 N–H and O–H groups in total. The van der Waals surface area contributed by atoms with Crippen molar-refractivity contribution in [3.8, 4) is 0 Å². The number of aliphatic carboxylic acids is 1. The van der Waals surface area contributed by atoms with Crippen molar-refractivity contribution in [3.63, 3.8) is 0 Å². The van der Waals surface area contributed by atoms with E-state index in [0.717, 1.165) is 0 Å². The largest absolute Gasteiger partial charge is 0.479 e. The van der Waals surface area contributed by atoms with Gasteiger partial charge in [-0.3, -0.25) is 4.79 Å². The predicted molar refractivity (Wildman–Crippen MR) is 65.7 cm³/mol.